The SMILES string of the molecule is OCC1CCCN1CC1CCCCO1. The molecule has 2 aliphatic rings. The van der Waals surface area contributed by atoms with Crippen LogP contribution in [0.2, 0.25) is 0 Å². The van der Waals surface area contributed by atoms with Crippen molar-refractivity contribution in [2.75, 3.05) is 26.3 Å². The number of nitrogens with zero attached hydrogens (tertiary/aromatic N) is 1. The molecule has 0 aliphatic carbocycles. The van der Waals surface area contributed by atoms with Crippen molar-refractivity contribution in [1.82, 2.24) is 4.90 Å². The molecule has 14 heavy (non-hydrogen) atoms. The fraction of sp³-hybridized carbons (Fsp3) is 1.00. The number of hydrogen-bond acceptors (Lipinski definition) is 3. The Morgan fingerprint density at radius 2 is 2.14 bits per heavy atom. The molecule has 0 aromatic heterocycles. The zero-order valence-electron chi connectivity index (χ0n) is 8.82. The van der Waals surface area contributed by atoms with Gasteiger partial charge in [-0.3, -0.25) is 4.90 Å². The van der Waals surface area contributed by atoms with E-state index in [9.17, 15) is 5.11 Å². The van der Waals surface area contributed by atoms with E-state index >= 15 is 0 Å². The average Bonchev–Trinajstić information content (AvgIpc) is 2.67. The molecule has 1 N–H and O–H groups in total. The molecule has 2 atom stereocenters. The summed E-state index contributed by atoms with van der Waals surface area (Å²) in [5.74, 6) is 0. The van der Waals surface area contributed by atoms with Gasteiger partial charge in [0.25, 0.3) is 0 Å². The molecule has 0 radical (unpaired) electrons. The third-order valence-electron chi connectivity index (χ3n) is 3.42. The van der Waals surface area contributed by atoms with Gasteiger partial charge in [-0.15, -0.1) is 0 Å². The average molecular weight is 199 g/mol. The molecule has 0 amide bonds. The van der Waals surface area contributed by atoms with E-state index < -0.39 is 0 Å². The lowest BCUT2D eigenvalue weighted by atomic mass is 10.1. The highest BCUT2D eigenvalue weighted by molar-refractivity contribution is 4.81. The van der Waals surface area contributed by atoms with Crippen LogP contribution < -0.4 is 0 Å². The third kappa shape index (κ3) is 2.47. The van der Waals surface area contributed by atoms with Crippen molar-refractivity contribution in [3.05, 3.63) is 0 Å². The summed E-state index contributed by atoms with van der Waals surface area (Å²) in [4.78, 5) is 2.40. The van der Waals surface area contributed by atoms with Crippen molar-refractivity contribution < 1.29 is 9.84 Å². The van der Waals surface area contributed by atoms with Crippen LogP contribution in [0.25, 0.3) is 0 Å². The van der Waals surface area contributed by atoms with Gasteiger partial charge in [-0.2, -0.15) is 0 Å². The molecular formula is C11H21NO2. The summed E-state index contributed by atoms with van der Waals surface area (Å²) in [7, 11) is 0. The van der Waals surface area contributed by atoms with Gasteiger partial charge < -0.3 is 9.84 Å². The van der Waals surface area contributed by atoms with Crippen LogP contribution in [0, 0.1) is 0 Å². The van der Waals surface area contributed by atoms with E-state index in [0.29, 0.717) is 18.8 Å². The molecule has 0 aromatic rings. The molecule has 0 aromatic carbocycles. The first kappa shape index (κ1) is 10.4. The Morgan fingerprint density at radius 1 is 1.21 bits per heavy atom. The molecule has 3 heteroatoms. The predicted octanol–water partition coefficient (Wildman–Crippen LogP) is 1.01. The first-order chi connectivity index (χ1) is 6.90. The first-order valence-corrected chi connectivity index (χ1v) is 5.86. The van der Waals surface area contributed by atoms with Gasteiger partial charge in [-0.05, 0) is 38.6 Å². The van der Waals surface area contributed by atoms with Crippen molar-refractivity contribution >= 4 is 0 Å². The molecule has 2 heterocycles. The standard InChI is InChI=1S/C11H21NO2/c13-9-10-4-3-6-12(10)8-11-5-1-2-7-14-11/h10-11,13H,1-9H2. The Labute approximate surface area is 86.0 Å². The monoisotopic (exact) mass is 199 g/mol. The summed E-state index contributed by atoms with van der Waals surface area (Å²) in [6.45, 7) is 3.42. The fourth-order valence-corrected chi connectivity index (χ4v) is 2.56. The number of rotatable bonds is 3. The second-order valence-corrected chi connectivity index (χ2v) is 4.46. The van der Waals surface area contributed by atoms with Crippen LogP contribution in [0.3, 0.4) is 0 Å². The van der Waals surface area contributed by atoms with E-state index in [1.807, 2.05) is 0 Å². The van der Waals surface area contributed by atoms with Crippen molar-refractivity contribution in [1.29, 1.82) is 0 Å². The molecule has 2 unspecified atom stereocenters. The molecule has 2 fully saturated rings. The quantitative estimate of drug-likeness (QED) is 0.736. The molecule has 3 nitrogen and oxygen atoms in total. The summed E-state index contributed by atoms with van der Waals surface area (Å²) in [5, 5.41) is 9.18. The Bertz CT molecular complexity index is 169. The van der Waals surface area contributed by atoms with E-state index in [1.165, 1.54) is 25.7 Å². The molecule has 82 valence electrons. The van der Waals surface area contributed by atoms with Crippen LogP contribution in [-0.2, 0) is 4.74 Å². The van der Waals surface area contributed by atoms with Gasteiger partial charge >= 0.3 is 0 Å². The number of likely N-dealkylation sites (tertiary alicyclic amines) is 1. The highest BCUT2D eigenvalue weighted by atomic mass is 16.5. The maximum atomic E-state index is 9.18. The zero-order valence-corrected chi connectivity index (χ0v) is 8.82. The minimum absolute atomic E-state index is 0.312. The lowest BCUT2D eigenvalue weighted by molar-refractivity contribution is -0.0116. The highest BCUT2D eigenvalue weighted by Crippen LogP contribution is 2.20. The normalized spacial score (nSPS) is 34.9. The number of aliphatic hydroxyl groups excluding tert-OH is 1. The van der Waals surface area contributed by atoms with Gasteiger partial charge in [0.05, 0.1) is 12.7 Å². The lowest BCUT2D eigenvalue weighted by Gasteiger charge is -2.30. The van der Waals surface area contributed by atoms with Crippen LogP contribution in [0.4, 0.5) is 0 Å². The summed E-state index contributed by atoms with van der Waals surface area (Å²) in [6, 6.07) is 0.403. The molecule has 2 rings (SSSR count). The summed E-state index contributed by atoms with van der Waals surface area (Å²) in [5.41, 5.74) is 0. The highest BCUT2D eigenvalue weighted by Gasteiger charge is 2.26. The minimum atomic E-state index is 0.312. The number of ether oxygens (including phenoxy) is 1. The van der Waals surface area contributed by atoms with Gasteiger partial charge in [0, 0.05) is 19.2 Å². The van der Waals surface area contributed by atoms with Crippen molar-refractivity contribution in [2.45, 2.75) is 44.2 Å². The molecule has 0 saturated carbocycles. The predicted molar refractivity (Wildman–Crippen MR) is 55.3 cm³/mol. The van der Waals surface area contributed by atoms with E-state index in [1.54, 1.807) is 0 Å². The van der Waals surface area contributed by atoms with Gasteiger partial charge in [0.15, 0.2) is 0 Å². The summed E-state index contributed by atoms with van der Waals surface area (Å²) in [6.07, 6.45) is 6.55. The van der Waals surface area contributed by atoms with Gasteiger partial charge in [-0.1, -0.05) is 0 Å². The summed E-state index contributed by atoms with van der Waals surface area (Å²) < 4.78 is 5.71. The Balaban J connectivity index is 1.77. The minimum Gasteiger partial charge on any atom is -0.395 e. The molecular weight excluding hydrogens is 178 g/mol. The van der Waals surface area contributed by atoms with Crippen LogP contribution >= 0.6 is 0 Å². The van der Waals surface area contributed by atoms with Gasteiger partial charge in [-0.25, -0.2) is 0 Å². The van der Waals surface area contributed by atoms with E-state index in [0.717, 1.165) is 26.1 Å². The van der Waals surface area contributed by atoms with E-state index in [4.69, 9.17) is 4.74 Å². The van der Waals surface area contributed by atoms with Crippen LogP contribution in [0.5, 0.6) is 0 Å². The van der Waals surface area contributed by atoms with Gasteiger partial charge in [0.2, 0.25) is 0 Å². The largest absolute Gasteiger partial charge is 0.395 e. The smallest absolute Gasteiger partial charge is 0.0702 e. The van der Waals surface area contributed by atoms with E-state index in [-0.39, 0.29) is 0 Å². The Kier molecular flexibility index (Phi) is 3.79. The molecule has 0 spiro atoms. The second-order valence-electron chi connectivity index (χ2n) is 4.46. The van der Waals surface area contributed by atoms with Gasteiger partial charge in [0.1, 0.15) is 0 Å². The van der Waals surface area contributed by atoms with Crippen LogP contribution in [0.1, 0.15) is 32.1 Å². The first-order valence-electron chi connectivity index (χ1n) is 5.86. The maximum Gasteiger partial charge on any atom is 0.0702 e. The molecule has 2 saturated heterocycles. The summed E-state index contributed by atoms with van der Waals surface area (Å²) >= 11 is 0. The lowest BCUT2D eigenvalue weighted by Crippen LogP contribution is -2.40. The van der Waals surface area contributed by atoms with Crippen LogP contribution in [0.15, 0.2) is 0 Å². The Hall–Kier alpha value is -0.120. The van der Waals surface area contributed by atoms with Crippen molar-refractivity contribution in [3.8, 4) is 0 Å². The topological polar surface area (TPSA) is 32.7 Å². The van der Waals surface area contributed by atoms with Crippen molar-refractivity contribution in [3.63, 3.8) is 0 Å². The third-order valence-corrected chi connectivity index (χ3v) is 3.42. The van der Waals surface area contributed by atoms with Crippen molar-refractivity contribution in [2.24, 2.45) is 0 Å². The maximum absolute atomic E-state index is 9.18. The fourth-order valence-electron chi connectivity index (χ4n) is 2.56. The number of aliphatic hydroxyl groups is 1. The van der Waals surface area contributed by atoms with E-state index in [2.05, 4.69) is 4.90 Å². The zero-order chi connectivity index (χ0) is 9.80. The molecule has 0 bridgehead atoms. The second kappa shape index (κ2) is 5.10. The Morgan fingerprint density at radius 3 is 2.86 bits per heavy atom. The van der Waals surface area contributed by atoms with Crippen LogP contribution in [-0.4, -0.2) is 48.5 Å². The number of hydrogen-bond donors (Lipinski definition) is 1. The molecule has 2 aliphatic heterocycles.